The third-order valence-electron chi connectivity index (χ3n) is 5.96. The van der Waals surface area contributed by atoms with Crippen LogP contribution >= 0.6 is 0 Å². The molecule has 0 aromatic heterocycles. The van der Waals surface area contributed by atoms with Gasteiger partial charge in [-0.3, -0.25) is 0 Å². The molecular formula is C26H25NO7. The molecule has 0 fully saturated rings. The van der Waals surface area contributed by atoms with E-state index in [4.69, 9.17) is 9.47 Å². The number of fused-ring (bicyclic) bond motifs is 3. The first-order valence-electron chi connectivity index (χ1n) is 10.8. The lowest BCUT2D eigenvalue weighted by molar-refractivity contribution is 0.0184. The van der Waals surface area contributed by atoms with Crippen molar-refractivity contribution in [3.63, 3.8) is 0 Å². The molecule has 0 aliphatic heterocycles. The molecule has 8 nitrogen and oxygen atoms in total. The molecule has 3 aromatic carbocycles. The molecule has 176 valence electrons. The maximum Gasteiger partial charge on any atom is 0.407 e. The van der Waals surface area contributed by atoms with Crippen molar-refractivity contribution in [1.29, 1.82) is 0 Å². The van der Waals surface area contributed by atoms with Gasteiger partial charge in [-0.1, -0.05) is 54.6 Å². The molecule has 1 aliphatic carbocycles. The van der Waals surface area contributed by atoms with Gasteiger partial charge in [-0.05, 0) is 39.9 Å². The number of alkyl carbamates (subject to hydrolysis) is 1. The van der Waals surface area contributed by atoms with Crippen LogP contribution in [0.1, 0.15) is 39.1 Å². The third-order valence-corrected chi connectivity index (χ3v) is 5.96. The van der Waals surface area contributed by atoms with Crippen LogP contribution in [0.3, 0.4) is 0 Å². The fourth-order valence-corrected chi connectivity index (χ4v) is 4.25. The molecule has 0 spiro atoms. The van der Waals surface area contributed by atoms with Crippen molar-refractivity contribution in [3.8, 4) is 16.9 Å². The number of ether oxygens (including phenoxy) is 2. The number of hydrogen-bond donors (Lipinski definition) is 4. The Kier molecular flexibility index (Phi) is 6.81. The summed E-state index contributed by atoms with van der Waals surface area (Å²) in [5.41, 5.74) is 4.44. The molecule has 1 aliphatic rings. The lowest BCUT2D eigenvalue weighted by Crippen LogP contribution is -2.36. The topological polar surface area (TPSA) is 125 Å². The molecule has 0 saturated heterocycles. The van der Waals surface area contributed by atoms with Crippen molar-refractivity contribution in [1.82, 2.24) is 5.32 Å². The van der Waals surface area contributed by atoms with Crippen LogP contribution in [0.4, 0.5) is 4.79 Å². The van der Waals surface area contributed by atoms with Gasteiger partial charge in [0.05, 0.1) is 7.11 Å². The molecule has 1 amide bonds. The van der Waals surface area contributed by atoms with E-state index >= 15 is 0 Å². The van der Waals surface area contributed by atoms with Gasteiger partial charge in [-0.2, -0.15) is 0 Å². The van der Waals surface area contributed by atoms with Crippen LogP contribution < -0.4 is 10.1 Å². The van der Waals surface area contributed by atoms with Gasteiger partial charge in [0.25, 0.3) is 0 Å². The highest BCUT2D eigenvalue weighted by molar-refractivity contribution is 5.91. The molecule has 3 aromatic rings. The van der Waals surface area contributed by atoms with E-state index in [-0.39, 0.29) is 35.9 Å². The molecule has 2 unspecified atom stereocenters. The SMILES string of the molecule is COc1ccc(C(O)C(O)CNC(=O)OCC2c3ccccc3-c3ccccc32)cc1C(=O)O. The summed E-state index contributed by atoms with van der Waals surface area (Å²) in [6.45, 7) is -0.161. The van der Waals surface area contributed by atoms with Crippen LogP contribution in [0.2, 0.25) is 0 Å². The van der Waals surface area contributed by atoms with Gasteiger partial charge in [0.15, 0.2) is 0 Å². The van der Waals surface area contributed by atoms with Gasteiger partial charge in [0.2, 0.25) is 0 Å². The van der Waals surface area contributed by atoms with Crippen molar-refractivity contribution in [2.75, 3.05) is 20.3 Å². The molecular weight excluding hydrogens is 438 g/mol. The molecule has 0 bridgehead atoms. The van der Waals surface area contributed by atoms with Crippen molar-refractivity contribution >= 4 is 12.1 Å². The van der Waals surface area contributed by atoms with E-state index in [1.54, 1.807) is 0 Å². The number of benzene rings is 3. The Balaban J connectivity index is 1.35. The Bertz CT molecular complexity index is 1160. The minimum absolute atomic E-state index is 0.0950. The number of amides is 1. The number of carbonyl (C=O) groups is 2. The first-order valence-corrected chi connectivity index (χ1v) is 10.8. The number of aromatic carboxylic acids is 1. The monoisotopic (exact) mass is 463 g/mol. The minimum Gasteiger partial charge on any atom is -0.496 e. The summed E-state index contributed by atoms with van der Waals surface area (Å²) in [5, 5.41) is 32.5. The molecule has 0 radical (unpaired) electrons. The van der Waals surface area contributed by atoms with E-state index in [1.807, 2.05) is 48.5 Å². The zero-order chi connectivity index (χ0) is 24.2. The predicted octanol–water partition coefficient (Wildman–Crippen LogP) is 3.33. The maximum atomic E-state index is 12.3. The Morgan fingerprint density at radius 3 is 2.18 bits per heavy atom. The zero-order valence-corrected chi connectivity index (χ0v) is 18.5. The second-order valence-electron chi connectivity index (χ2n) is 7.98. The summed E-state index contributed by atoms with van der Waals surface area (Å²) in [6.07, 6.45) is -3.53. The van der Waals surface area contributed by atoms with Gasteiger partial charge in [0, 0.05) is 12.5 Å². The Morgan fingerprint density at radius 1 is 0.971 bits per heavy atom. The van der Waals surface area contributed by atoms with E-state index in [1.165, 1.54) is 25.3 Å². The van der Waals surface area contributed by atoms with Gasteiger partial charge in [-0.15, -0.1) is 0 Å². The minimum atomic E-state index is -1.42. The molecule has 4 N–H and O–H groups in total. The van der Waals surface area contributed by atoms with Gasteiger partial charge in [-0.25, -0.2) is 9.59 Å². The second kappa shape index (κ2) is 9.94. The number of hydrogen-bond acceptors (Lipinski definition) is 6. The average Bonchev–Trinajstić information content (AvgIpc) is 3.18. The summed E-state index contributed by atoms with van der Waals surface area (Å²) in [4.78, 5) is 23.7. The number of carboxylic acids is 1. The fraction of sp³-hybridized carbons (Fsp3) is 0.231. The molecule has 8 heteroatoms. The van der Waals surface area contributed by atoms with Gasteiger partial charge >= 0.3 is 12.1 Å². The Labute approximate surface area is 196 Å². The predicted molar refractivity (Wildman–Crippen MR) is 124 cm³/mol. The molecule has 4 rings (SSSR count). The van der Waals surface area contributed by atoms with Crippen LogP contribution in [-0.2, 0) is 4.74 Å². The van der Waals surface area contributed by atoms with Crippen LogP contribution in [0.25, 0.3) is 11.1 Å². The lowest BCUT2D eigenvalue weighted by Gasteiger charge is -2.20. The van der Waals surface area contributed by atoms with E-state index in [2.05, 4.69) is 5.32 Å². The highest BCUT2D eigenvalue weighted by Gasteiger charge is 2.29. The van der Waals surface area contributed by atoms with Crippen molar-refractivity contribution < 1.29 is 34.4 Å². The molecule has 34 heavy (non-hydrogen) atoms. The van der Waals surface area contributed by atoms with Gasteiger partial charge in [0.1, 0.15) is 30.1 Å². The zero-order valence-electron chi connectivity index (χ0n) is 18.5. The summed E-state index contributed by atoms with van der Waals surface area (Å²) in [7, 11) is 1.34. The third kappa shape index (κ3) is 4.59. The summed E-state index contributed by atoms with van der Waals surface area (Å²) >= 11 is 0. The summed E-state index contributed by atoms with van der Waals surface area (Å²) in [5.74, 6) is -1.19. The normalized spacial score (nSPS) is 14.0. The van der Waals surface area contributed by atoms with Crippen molar-refractivity contribution in [2.45, 2.75) is 18.1 Å². The number of aliphatic hydroxyl groups is 2. The molecule has 0 saturated carbocycles. The first kappa shape index (κ1) is 23.3. The number of rotatable bonds is 8. The standard InChI is InChI=1S/C26H25NO7/c1-33-23-11-10-15(12-20(23)25(30)31)24(29)22(28)13-27-26(32)34-14-21-18-8-4-2-6-16(18)17-7-3-5-9-19(17)21/h2-12,21-22,24,28-29H,13-14H2,1H3,(H,27,32)(H,30,31). The number of aliphatic hydroxyl groups excluding tert-OH is 2. The fourth-order valence-electron chi connectivity index (χ4n) is 4.25. The number of methoxy groups -OCH3 is 1. The smallest absolute Gasteiger partial charge is 0.407 e. The van der Waals surface area contributed by atoms with Crippen molar-refractivity contribution in [3.05, 3.63) is 89.0 Å². The lowest BCUT2D eigenvalue weighted by atomic mass is 9.98. The van der Waals surface area contributed by atoms with Crippen LogP contribution in [0.15, 0.2) is 66.7 Å². The Hall–Kier alpha value is -3.88. The number of carbonyl (C=O) groups excluding carboxylic acids is 1. The largest absolute Gasteiger partial charge is 0.496 e. The highest BCUT2D eigenvalue weighted by atomic mass is 16.5. The Morgan fingerprint density at radius 2 is 1.59 bits per heavy atom. The summed E-state index contributed by atoms with van der Waals surface area (Å²) < 4.78 is 10.4. The molecule has 0 heterocycles. The second-order valence-corrected chi connectivity index (χ2v) is 7.98. The van der Waals surface area contributed by atoms with E-state index in [0.29, 0.717) is 0 Å². The van der Waals surface area contributed by atoms with E-state index < -0.39 is 24.3 Å². The van der Waals surface area contributed by atoms with Crippen LogP contribution in [-0.4, -0.2) is 53.7 Å². The quantitative estimate of drug-likeness (QED) is 0.404. The van der Waals surface area contributed by atoms with E-state index in [9.17, 15) is 24.9 Å². The van der Waals surface area contributed by atoms with Gasteiger partial charge < -0.3 is 30.1 Å². The maximum absolute atomic E-state index is 12.3. The highest BCUT2D eigenvalue weighted by Crippen LogP contribution is 2.44. The van der Waals surface area contributed by atoms with Crippen molar-refractivity contribution in [2.24, 2.45) is 0 Å². The average molecular weight is 463 g/mol. The van der Waals surface area contributed by atoms with E-state index in [0.717, 1.165) is 22.3 Å². The number of nitrogens with one attached hydrogen (secondary N) is 1. The number of carboxylic acid groups (broad SMARTS) is 1. The molecule has 2 atom stereocenters. The summed E-state index contributed by atoms with van der Waals surface area (Å²) in [6, 6.07) is 20.0. The van der Waals surface area contributed by atoms with Crippen LogP contribution in [0.5, 0.6) is 5.75 Å². The van der Waals surface area contributed by atoms with Crippen LogP contribution in [0, 0.1) is 0 Å². The first-order chi connectivity index (χ1) is 16.4.